The normalized spacial score (nSPS) is 22.1. The number of nitrogens with one attached hydrogen (secondary N) is 1. The van der Waals surface area contributed by atoms with Gasteiger partial charge in [-0.3, -0.25) is 4.79 Å². The Kier molecular flexibility index (Phi) is 6.51. The number of carbonyl (C=O) groups is 1. The van der Waals surface area contributed by atoms with Crippen LogP contribution in [-0.2, 0) is 4.79 Å². The lowest BCUT2D eigenvalue weighted by Gasteiger charge is -2.26. The van der Waals surface area contributed by atoms with Crippen molar-refractivity contribution in [2.45, 2.75) is 43.0 Å². The number of rotatable bonds is 7. The highest BCUT2D eigenvalue weighted by atomic mass is 32.2. The van der Waals surface area contributed by atoms with Crippen LogP contribution in [0.5, 0.6) is 0 Å². The molecule has 0 radical (unpaired) electrons. The van der Waals surface area contributed by atoms with Crippen molar-refractivity contribution < 1.29 is 14.3 Å². The molecule has 0 aromatic heterocycles. The molecular weight excluding hydrogens is 289 g/mol. The lowest BCUT2D eigenvalue weighted by atomic mass is 9.86. The third-order valence-electron chi connectivity index (χ3n) is 3.91. The van der Waals surface area contributed by atoms with Crippen LogP contribution in [0.3, 0.4) is 0 Å². The highest BCUT2D eigenvalue weighted by molar-refractivity contribution is 7.99. The van der Waals surface area contributed by atoms with E-state index in [2.05, 4.69) is 5.32 Å². The highest BCUT2D eigenvalue weighted by Crippen LogP contribution is 2.24. The Labute approximate surface area is 129 Å². The Hall–Kier alpha value is -1.07. The molecule has 5 heteroatoms. The molecule has 0 unspecified atom stereocenters. The quantitative estimate of drug-likeness (QED) is 0.597. The maximum atomic E-state index is 12.8. The van der Waals surface area contributed by atoms with E-state index in [1.807, 2.05) is 0 Å². The van der Waals surface area contributed by atoms with Gasteiger partial charge >= 0.3 is 5.97 Å². The molecule has 2 N–H and O–H groups in total. The molecule has 0 heterocycles. The average molecular weight is 311 g/mol. The van der Waals surface area contributed by atoms with E-state index < -0.39 is 5.97 Å². The maximum Gasteiger partial charge on any atom is 0.306 e. The van der Waals surface area contributed by atoms with E-state index in [0.29, 0.717) is 6.04 Å². The standard InChI is InChI=1S/C16H22FNO2S/c17-13-4-8-15(9-5-13)21-11-1-10-18-14-6-2-12(3-7-14)16(19)20/h4-5,8-9,12,14,18H,1-3,6-7,10-11H2,(H,19,20). The van der Waals surface area contributed by atoms with E-state index in [9.17, 15) is 9.18 Å². The average Bonchev–Trinajstić information content (AvgIpc) is 2.49. The molecule has 1 aromatic rings. The molecule has 1 saturated carbocycles. The van der Waals surface area contributed by atoms with E-state index >= 15 is 0 Å². The topological polar surface area (TPSA) is 49.3 Å². The zero-order valence-electron chi connectivity index (χ0n) is 12.1. The molecule has 116 valence electrons. The van der Waals surface area contributed by atoms with Crippen molar-refractivity contribution in [3.8, 4) is 0 Å². The van der Waals surface area contributed by atoms with Gasteiger partial charge < -0.3 is 10.4 Å². The Balaban J connectivity index is 1.54. The van der Waals surface area contributed by atoms with Gasteiger partial charge in [0.05, 0.1) is 5.92 Å². The van der Waals surface area contributed by atoms with E-state index in [1.54, 1.807) is 23.9 Å². The summed E-state index contributed by atoms with van der Waals surface area (Å²) in [5.41, 5.74) is 0. The number of carboxylic acids is 1. The monoisotopic (exact) mass is 311 g/mol. The molecule has 0 spiro atoms. The minimum absolute atomic E-state index is 0.142. The van der Waals surface area contributed by atoms with Crippen LogP contribution in [-0.4, -0.2) is 29.4 Å². The number of halogens is 1. The van der Waals surface area contributed by atoms with Crippen molar-refractivity contribution in [3.63, 3.8) is 0 Å². The Morgan fingerprint density at radius 2 is 1.90 bits per heavy atom. The van der Waals surface area contributed by atoms with Crippen molar-refractivity contribution in [1.82, 2.24) is 5.32 Å². The first-order valence-electron chi connectivity index (χ1n) is 7.49. The second-order valence-corrected chi connectivity index (χ2v) is 6.67. The molecule has 1 aliphatic carbocycles. The van der Waals surface area contributed by atoms with Crippen LogP contribution in [0.4, 0.5) is 4.39 Å². The minimum Gasteiger partial charge on any atom is -0.481 e. The van der Waals surface area contributed by atoms with Gasteiger partial charge in [0.15, 0.2) is 0 Å². The lowest BCUT2D eigenvalue weighted by Crippen LogP contribution is -2.35. The fourth-order valence-electron chi connectivity index (χ4n) is 2.64. The summed E-state index contributed by atoms with van der Waals surface area (Å²) in [6, 6.07) is 7.06. The summed E-state index contributed by atoms with van der Waals surface area (Å²) in [7, 11) is 0. The molecule has 0 saturated heterocycles. The third kappa shape index (κ3) is 5.67. The Morgan fingerprint density at radius 1 is 1.24 bits per heavy atom. The first-order valence-corrected chi connectivity index (χ1v) is 8.48. The molecule has 0 amide bonds. The summed E-state index contributed by atoms with van der Waals surface area (Å²) in [5, 5.41) is 12.5. The molecule has 3 nitrogen and oxygen atoms in total. The van der Waals surface area contributed by atoms with Gasteiger partial charge in [-0.1, -0.05) is 0 Å². The van der Waals surface area contributed by atoms with Crippen LogP contribution < -0.4 is 5.32 Å². The largest absolute Gasteiger partial charge is 0.481 e. The van der Waals surface area contributed by atoms with Crippen molar-refractivity contribution >= 4 is 17.7 Å². The van der Waals surface area contributed by atoms with Crippen LogP contribution in [0.1, 0.15) is 32.1 Å². The van der Waals surface area contributed by atoms with Gasteiger partial charge in [-0.25, -0.2) is 4.39 Å². The Bertz CT molecular complexity index is 444. The van der Waals surface area contributed by atoms with Crippen molar-refractivity contribution in [3.05, 3.63) is 30.1 Å². The molecule has 1 aromatic carbocycles. The summed E-state index contributed by atoms with van der Waals surface area (Å²) >= 11 is 1.74. The van der Waals surface area contributed by atoms with Gasteiger partial charge in [-0.05, 0) is 68.7 Å². The summed E-state index contributed by atoms with van der Waals surface area (Å²) in [6.07, 6.45) is 4.56. The SMILES string of the molecule is O=C(O)C1CCC(NCCCSc2ccc(F)cc2)CC1. The van der Waals surface area contributed by atoms with E-state index in [0.717, 1.165) is 49.3 Å². The lowest BCUT2D eigenvalue weighted by molar-refractivity contribution is -0.142. The second-order valence-electron chi connectivity index (χ2n) is 5.50. The van der Waals surface area contributed by atoms with Crippen LogP contribution in [0.2, 0.25) is 0 Å². The third-order valence-corrected chi connectivity index (χ3v) is 5.01. The Morgan fingerprint density at radius 3 is 2.52 bits per heavy atom. The molecule has 1 aliphatic rings. The maximum absolute atomic E-state index is 12.8. The molecule has 2 rings (SSSR count). The number of thioether (sulfide) groups is 1. The van der Waals surface area contributed by atoms with Gasteiger partial charge in [0.2, 0.25) is 0 Å². The van der Waals surface area contributed by atoms with Gasteiger partial charge in [0, 0.05) is 10.9 Å². The number of carboxylic acid groups (broad SMARTS) is 1. The summed E-state index contributed by atoms with van der Waals surface area (Å²) in [6.45, 7) is 0.955. The van der Waals surface area contributed by atoms with Gasteiger partial charge in [0.1, 0.15) is 5.82 Å². The van der Waals surface area contributed by atoms with Crippen LogP contribution in [0.15, 0.2) is 29.2 Å². The zero-order valence-corrected chi connectivity index (χ0v) is 12.9. The van der Waals surface area contributed by atoms with Crippen LogP contribution in [0, 0.1) is 11.7 Å². The van der Waals surface area contributed by atoms with Crippen LogP contribution >= 0.6 is 11.8 Å². The number of hydrogen-bond donors (Lipinski definition) is 2. The van der Waals surface area contributed by atoms with Crippen LogP contribution in [0.25, 0.3) is 0 Å². The molecular formula is C16H22FNO2S. The second kappa shape index (κ2) is 8.39. The van der Waals surface area contributed by atoms with E-state index in [-0.39, 0.29) is 11.7 Å². The van der Waals surface area contributed by atoms with E-state index in [1.165, 1.54) is 12.1 Å². The van der Waals surface area contributed by atoms with Gasteiger partial charge in [-0.15, -0.1) is 11.8 Å². The molecule has 1 fully saturated rings. The molecule has 0 atom stereocenters. The smallest absolute Gasteiger partial charge is 0.306 e. The van der Waals surface area contributed by atoms with Crippen molar-refractivity contribution in [1.29, 1.82) is 0 Å². The van der Waals surface area contributed by atoms with Gasteiger partial charge in [0.25, 0.3) is 0 Å². The zero-order chi connectivity index (χ0) is 15.1. The molecule has 21 heavy (non-hydrogen) atoms. The number of benzene rings is 1. The van der Waals surface area contributed by atoms with E-state index in [4.69, 9.17) is 5.11 Å². The fraction of sp³-hybridized carbons (Fsp3) is 0.562. The molecule has 0 bridgehead atoms. The number of aliphatic carboxylic acids is 1. The van der Waals surface area contributed by atoms with Crippen molar-refractivity contribution in [2.75, 3.05) is 12.3 Å². The first-order chi connectivity index (χ1) is 10.1. The van der Waals surface area contributed by atoms with Crippen molar-refractivity contribution in [2.24, 2.45) is 5.92 Å². The summed E-state index contributed by atoms with van der Waals surface area (Å²) in [5.74, 6) is 0.0162. The fourth-order valence-corrected chi connectivity index (χ4v) is 3.50. The highest BCUT2D eigenvalue weighted by Gasteiger charge is 2.25. The first kappa shape index (κ1) is 16.3. The molecule has 0 aliphatic heterocycles. The number of hydrogen-bond acceptors (Lipinski definition) is 3. The minimum atomic E-state index is -0.649. The summed E-state index contributed by atoms with van der Waals surface area (Å²) in [4.78, 5) is 12.0. The van der Waals surface area contributed by atoms with Gasteiger partial charge in [-0.2, -0.15) is 0 Å². The summed E-state index contributed by atoms with van der Waals surface area (Å²) < 4.78 is 12.8. The predicted octanol–water partition coefficient (Wildman–Crippen LogP) is 3.54. The predicted molar refractivity (Wildman–Crippen MR) is 83.1 cm³/mol.